The number of pyridine rings is 2. The molecule has 0 aromatic carbocycles. The summed E-state index contributed by atoms with van der Waals surface area (Å²) in [6.45, 7) is 3.87. The van der Waals surface area contributed by atoms with Crippen LogP contribution in [0.5, 0.6) is 0 Å². The zero-order chi connectivity index (χ0) is 26.0. The molecular formula is C24H23N9O3S. The van der Waals surface area contributed by atoms with Crippen LogP contribution in [0.15, 0.2) is 47.8 Å². The quantitative estimate of drug-likeness (QED) is 0.382. The minimum Gasteiger partial charge on any atom is -0.356 e. The van der Waals surface area contributed by atoms with Gasteiger partial charge in [0.05, 0.1) is 11.9 Å². The lowest BCUT2D eigenvalue weighted by molar-refractivity contribution is 0.102. The molecule has 1 aliphatic heterocycles. The molecule has 4 aromatic heterocycles. The van der Waals surface area contributed by atoms with Gasteiger partial charge in [-0.05, 0) is 61.9 Å². The molecule has 0 unspecified atom stereocenters. The van der Waals surface area contributed by atoms with E-state index in [4.69, 9.17) is 5.14 Å². The van der Waals surface area contributed by atoms with Crippen molar-refractivity contribution in [3.8, 4) is 11.8 Å². The van der Waals surface area contributed by atoms with Crippen LogP contribution in [0, 0.1) is 18.8 Å². The molecule has 0 spiro atoms. The van der Waals surface area contributed by atoms with Crippen molar-refractivity contribution in [3.63, 3.8) is 0 Å². The van der Waals surface area contributed by atoms with E-state index in [9.17, 15) is 13.2 Å². The number of nitrogens with zero attached hydrogens (tertiary/aromatic N) is 7. The van der Waals surface area contributed by atoms with Crippen molar-refractivity contribution in [1.82, 2.24) is 29.8 Å². The van der Waals surface area contributed by atoms with Crippen LogP contribution >= 0.6 is 0 Å². The molecular weight excluding hydrogens is 494 g/mol. The third-order valence-corrected chi connectivity index (χ3v) is 6.80. The maximum Gasteiger partial charge on any atom is 0.274 e. The summed E-state index contributed by atoms with van der Waals surface area (Å²) in [6, 6.07) is 6.51. The number of piperidine rings is 1. The Morgan fingerprint density at radius 2 is 1.89 bits per heavy atom. The lowest BCUT2D eigenvalue weighted by Gasteiger charge is -2.29. The number of primary sulfonamides is 1. The molecule has 0 radical (unpaired) electrons. The van der Waals surface area contributed by atoms with E-state index in [1.807, 2.05) is 13.0 Å². The van der Waals surface area contributed by atoms with E-state index in [1.54, 1.807) is 24.5 Å². The predicted octanol–water partition coefficient (Wildman–Crippen LogP) is 1.51. The Kier molecular flexibility index (Phi) is 6.51. The first kappa shape index (κ1) is 24.3. The second-order valence-electron chi connectivity index (χ2n) is 8.54. The lowest BCUT2D eigenvalue weighted by atomic mass is 10.1. The van der Waals surface area contributed by atoms with Gasteiger partial charge in [0.1, 0.15) is 16.4 Å². The van der Waals surface area contributed by atoms with Gasteiger partial charge in [-0.3, -0.25) is 4.79 Å². The van der Waals surface area contributed by atoms with Crippen molar-refractivity contribution < 1.29 is 13.2 Å². The van der Waals surface area contributed by atoms with E-state index in [2.05, 4.69) is 47.3 Å². The number of amides is 1. The van der Waals surface area contributed by atoms with Crippen molar-refractivity contribution in [3.05, 3.63) is 65.5 Å². The smallest absolute Gasteiger partial charge is 0.274 e. The van der Waals surface area contributed by atoms with Gasteiger partial charge in [0.15, 0.2) is 5.65 Å². The van der Waals surface area contributed by atoms with Crippen molar-refractivity contribution in [2.75, 3.05) is 23.3 Å². The van der Waals surface area contributed by atoms with Gasteiger partial charge in [0.2, 0.25) is 15.8 Å². The van der Waals surface area contributed by atoms with E-state index in [1.165, 1.54) is 17.0 Å². The Morgan fingerprint density at radius 1 is 1.08 bits per heavy atom. The van der Waals surface area contributed by atoms with Crippen LogP contribution in [0.25, 0.3) is 5.65 Å². The molecule has 0 atom stereocenters. The monoisotopic (exact) mass is 517 g/mol. The first-order valence-electron chi connectivity index (χ1n) is 11.5. The second kappa shape index (κ2) is 9.92. The summed E-state index contributed by atoms with van der Waals surface area (Å²) in [7, 11) is -4.16. The molecule has 5 heterocycles. The van der Waals surface area contributed by atoms with Crippen molar-refractivity contribution in [2.45, 2.75) is 31.1 Å². The van der Waals surface area contributed by atoms with Gasteiger partial charge in [-0.25, -0.2) is 23.5 Å². The summed E-state index contributed by atoms with van der Waals surface area (Å²) < 4.78 is 25.6. The van der Waals surface area contributed by atoms with Gasteiger partial charge in [-0.2, -0.15) is 9.61 Å². The van der Waals surface area contributed by atoms with Crippen LogP contribution in [0.4, 0.5) is 11.5 Å². The number of hydrogen-bond acceptors (Lipinski definition) is 9. The number of aryl methyl sites for hydroxylation is 1. The van der Waals surface area contributed by atoms with Crippen LogP contribution in [0.1, 0.15) is 46.7 Å². The average molecular weight is 518 g/mol. The summed E-state index contributed by atoms with van der Waals surface area (Å²) >= 11 is 0. The minimum absolute atomic E-state index is 0.00918. The minimum atomic E-state index is -4.16. The molecule has 4 aromatic rings. The molecule has 3 N–H and O–H groups in total. The number of nitrogens with two attached hydrogens (primary N) is 1. The summed E-state index contributed by atoms with van der Waals surface area (Å²) in [5, 5.41) is 20.1. The van der Waals surface area contributed by atoms with E-state index >= 15 is 0 Å². The first-order chi connectivity index (χ1) is 17.8. The van der Waals surface area contributed by atoms with E-state index in [-0.39, 0.29) is 22.0 Å². The summed E-state index contributed by atoms with van der Waals surface area (Å²) in [4.78, 5) is 23.4. The number of anilines is 2. The highest BCUT2D eigenvalue weighted by Crippen LogP contribution is 2.24. The maximum atomic E-state index is 13.0. The first-order valence-corrected chi connectivity index (χ1v) is 13.1. The zero-order valence-corrected chi connectivity index (χ0v) is 20.7. The van der Waals surface area contributed by atoms with Crippen molar-refractivity contribution in [2.24, 2.45) is 5.14 Å². The molecule has 188 valence electrons. The van der Waals surface area contributed by atoms with Crippen molar-refractivity contribution in [1.29, 1.82) is 0 Å². The van der Waals surface area contributed by atoms with Gasteiger partial charge in [0.25, 0.3) is 5.91 Å². The standard InChI is InChI=1S/C24H23N9O3S/c1-16-12-18(14-27-23(16)32-10-3-2-4-11-32)29-24(34)19-13-17(20(15-26-19)37(25,35)36)7-8-22-31-30-21-6-5-9-28-33(21)22/h5-6,9,12-15H,2-4,10-11H2,1H3,(H,29,34)(H2,25,35,36). The number of rotatable bonds is 4. The summed E-state index contributed by atoms with van der Waals surface area (Å²) in [6.07, 6.45) is 7.64. The van der Waals surface area contributed by atoms with E-state index in [0.717, 1.165) is 43.5 Å². The molecule has 1 fully saturated rings. The van der Waals surface area contributed by atoms with Crippen LogP contribution in [-0.4, -0.2) is 57.2 Å². The summed E-state index contributed by atoms with van der Waals surface area (Å²) in [5.41, 5.74) is 1.86. The Morgan fingerprint density at radius 3 is 2.65 bits per heavy atom. The number of carbonyl (C=O) groups excluding carboxylic acids is 1. The average Bonchev–Trinajstić information content (AvgIpc) is 3.30. The largest absolute Gasteiger partial charge is 0.356 e. The molecule has 0 aliphatic carbocycles. The fourth-order valence-electron chi connectivity index (χ4n) is 4.10. The highest BCUT2D eigenvalue weighted by atomic mass is 32.2. The summed E-state index contributed by atoms with van der Waals surface area (Å²) in [5.74, 6) is 6.00. The molecule has 1 saturated heterocycles. The SMILES string of the molecule is Cc1cc(NC(=O)c2cc(C#Cc3nnc4cccnn34)c(S(N)(=O)=O)cn2)cnc1N1CCCCC1. The molecule has 12 nitrogen and oxygen atoms in total. The Bertz CT molecular complexity index is 1670. The number of fused-ring (bicyclic) bond motifs is 1. The van der Waals surface area contributed by atoms with E-state index in [0.29, 0.717) is 11.3 Å². The highest BCUT2D eigenvalue weighted by Gasteiger charge is 2.19. The van der Waals surface area contributed by atoms with Gasteiger partial charge in [-0.1, -0.05) is 5.92 Å². The van der Waals surface area contributed by atoms with Crippen LogP contribution in [0.2, 0.25) is 0 Å². The van der Waals surface area contributed by atoms with E-state index < -0.39 is 15.9 Å². The number of sulfonamides is 1. The number of hydrogen-bond donors (Lipinski definition) is 2. The molecule has 1 aliphatic rings. The zero-order valence-electron chi connectivity index (χ0n) is 19.9. The third-order valence-electron chi connectivity index (χ3n) is 5.86. The fourth-order valence-corrected chi connectivity index (χ4v) is 4.72. The van der Waals surface area contributed by atoms with Crippen molar-refractivity contribution >= 4 is 33.1 Å². The van der Waals surface area contributed by atoms with Crippen LogP contribution in [-0.2, 0) is 10.0 Å². The third kappa shape index (κ3) is 5.25. The molecule has 1 amide bonds. The Hall–Kier alpha value is -4.41. The molecule has 0 saturated carbocycles. The van der Waals surface area contributed by atoms with Crippen LogP contribution < -0.4 is 15.4 Å². The molecule has 37 heavy (non-hydrogen) atoms. The second-order valence-corrected chi connectivity index (χ2v) is 10.1. The van der Waals surface area contributed by atoms with Gasteiger partial charge in [-0.15, -0.1) is 10.2 Å². The van der Waals surface area contributed by atoms with Crippen LogP contribution in [0.3, 0.4) is 0 Å². The molecule has 0 bridgehead atoms. The molecule has 5 rings (SSSR count). The maximum absolute atomic E-state index is 13.0. The number of aromatic nitrogens is 6. The Labute approximate surface area is 213 Å². The number of carbonyl (C=O) groups is 1. The highest BCUT2D eigenvalue weighted by molar-refractivity contribution is 7.89. The van der Waals surface area contributed by atoms with Gasteiger partial charge in [0, 0.05) is 31.0 Å². The molecule has 13 heteroatoms. The topological polar surface area (TPSA) is 161 Å². The predicted molar refractivity (Wildman–Crippen MR) is 135 cm³/mol. The van der Waals surface area contributed by atoms with Gasteiger partial charge < -0.3 is 10.2 Å². The number of nitrogens with one attached hydrogen (secondary N) is 1. The normalized spacial score (nSPS) is 13.7. The lowest BCUT2D eigenvalue weighted by Crippen LogP contribution is -2.30. The van der Waals surface area contributed by atoms with Gasteiger partial charge >= 0.3 is 0 Å². The fraction of sp³-hybridized carbons (Fsp3) is 0.250. The Balaban J connectivity index is 1.42.